The van der Waals surface area contributed by atoms with Gasteiger partial charge in [0.1, 0.15) is 0 Å². The van der Waals surface area contributed by atoms with Gasteiger partial charge in [-0.1, -0.05) is 41.1 Å². The number of hydrogen-bond acceptors (Lipinski definition) is 2. The van der Waals surface area contributed by atoms with Crippen LogP contribution in [0.5, 0.6) is 0 Å². The summed E-state index contributed by atoms with van der Waals surface area (Å²) >= 11 is 3.44. The van der Waals surface area contributed by atoms with Crippen LogP contribution in [0.3, 0.4) is 0 Å². The summed E-state index contributed by atoms with van der Waals surface area (Å²) in [5.41, 5.74) is 1.02. The monoisotopic (exact) mass is 298 g/mol. The van der Waals surface area contributed by atoms with Gasteiger partial charge in [-0.15, -0.1) is 0 Å². The molecule has 0 spiro atoms. The number of benzene rings is 1. The van der Waals surface area contributed by atoms with Crippen molar-refractivity contribution in [1.29, 1.82) is 0 Å². The van der Waals surface area contributed by atoms with Crippen molar-refractivity contribution in [3.05, 3.63) is 34.3 Å². The smallest absolute Gasteiger partial charge is 0.224 e. The quantitative estimate of drug-likeness (QED) is 0.843. The number of nitrogens with one attached hydrogen (secondary N) is 2. The Morgan fingerprint density at radius 2 is 2.06 bits per heavy atom. The fourth-order valence-electron chi connectivity index (χ4n) is 1.59. The second kappa shape index (κ2) is 7.45. The molecule has 17 heavy (non-hydrogen) atoms. The van der Waals surface area contributed by atoms with Crippen molar-refractivity contribution in [3.8, 4) is 0 Å². The Kier molecular flexibility index (Phi) is 6.22. The maximum absolute atomic E-state index is 11.7. The molecule has 0 saturated heterocycles. The van der Waals surface area contributed by atoms with Crippen molar-refractivity contribution < 1.29 is 4.79 Å². The van der Waals surface area contributed by atoms with Crippen molar-refractivity contribution in [2.75, 3.05) is 20.1 Å². The van der Waals surface area contributed by atoms with Gasteiger partial charge in [0.25, 0.3) is 0 Å². The van der Waals surface area contributed by atoms with Crippen LogP contribution in [0.2, 0.25) is 0 Å². The molecule has 0 aliphatic heterocycles. The number of carbonyl (C=O) groups excluding carboxylic acids is 1. The van der Waals surface area contributed by atoms with Crippen LogP contribution in [0.25, 0.3) is 0 Å². The van der Waals surface area contributed by atoms with Crippen LogP contribution in [-0.2, 0) is 11.2 Å². The Hall–Kier alpha value is -0.870. The van der Waals surface area contributed by atoms with E-state index in [4.69, 9.17) is 0 Å². The predicted octanol–water partition coefficient (Wildman–Crippen LogP) is 1.96. The molecule has 4 heteroatoms. The summed E-state index contributed by atoms with van der Waals surface area (Å²) in [5.74, 6) is 0.517. The Morgan fingerprint density at radius 1 is 1.35 bits per heavy atom. The summed E-state index contributed by atoms with van der Waals surface area (Å²) in [5, 5.41) is 6.03. The van der Waals surface area contributed by atoms with Crippen LogP contribution in [0.4, 0.5) is 0 Å². The van der Waals surface area contributed by atoms with E-state index < -0.39 is 0 Å². The van der Waals surface area contributed by atoms with E-state index in [2.05, 4.69) is 33.5 Å². The van der Waals surface area contributed by atoms with Gasteiger partial charge < -0.3 is 10.6 Å². The molecule has 0 heterocycles. The lowest BCUT2D eigenvalue weighted by Gasteiger charge is -2.12. The minimum Gasteiger partial charge on any atom is -0.355 e. The molecule has 0 aromatic heterocycles. The lowest BCUT2D eigenvalue weighted by Crippen LogP contribution is -2.33. The molecule has 1 aromatic rings. The molecule has 2 N–H and O–H groups in total. The molecule has 0 fully saturated rings. The maximum atomic E-state index is 11.7. The van der Waals surface area contributed by atoms with E-state index in [1.165, 1.54) is 0 Å². The van der Waals surface area contributed by atoms with Crippen LogP contribution in [-0.4, -0.2) is 26.0 Å². The normalized spacial score (nSPS) is 12.2. The van der Waals surface area contributed by atoms with E-state index in [9.17, 15) is 4.79 Å². The van der Waals surface area contributed by atoms with Gasteiger partial charge in [-0.05, 0) is 31.1 Å². The number of rotatable bonds is 6. The fourth-order valence-corrected chi connectivity index (χ4v) is 2.01. The zero-order valence-electron chi connectivity index (χ0n) is 10.3. The highest BCUT2D eigenvalue weighted by atomic mass is 79.9. The van der Waals surface area contributed by atoms with Gasteiger partial charge >= 0.3 is 0 Å². The molecular formula is C13H19BrN2O. The highest BCUT2D eigenvalue weighted by Crippen LogP contribution is 2.16. The van der Waals surface area contributed by atoms with Gasteiger partial charge in [0.15, 0.2) is 0 Å². The van der Waals surface area contributed by atoms with Crippen LogP contribution in [0.1, 0.15) is 12.5 Å². The molecule has 0 bridgehead atoms. The molecule has 94 valence electrons. The van der Waals surface area contributed by atoms with E-state index >= 15 is 0 Å². The average molecular weight is 299 g/mol. The molecule has 0 aliphatic carbocycles. The summed E-state index contributed by atoms with van der Waals surface area (Å²) in [6.45, 7) is 3.73. The van der Waals surface area contributed by atoms with E-state index in [-0.39, 0.29) is 5.91 Å². The van der Waals surface area contributed by atoms with Crippen LogP contribution in [0, 0.1) is 5.92 Å². The van der Waals surface area contributed by atoms with Crippen molar-refractivity contribution in [3.63, 3.8) is 0 Å². The third-order valence-electron chi connectivity index (χ3n) is 2.51. The number of carbonyl (C=O) groups is 1. The Labute approximate surface area is 111 Å². The molecule has 3 nitrogen and oxygen atoms in total. The van der Waals surface area contributed by atoms with Gasteiger partial charge in [0.05, 0.1) is 6.42 Å². The molecular weight excluding hydrogens is 280 g/mol. The van der Waals surface area contributed by atoms with Crippen molar-refractivity contribution in [2.24, 2.45) is 5.92 Å². The minimum absolute atomic E-state index is 0.0693. The van der Waals surface area contributed by atoms with Crippen LogP contribution < -0.4 is 10.6 Å². The second-order valence-corrected chi connectivity index (χ2v) is 5.09. The van der Waals surface area contributed by atoms with E-state index in [0.29, 0.717) is 18.9 Å². The highest BCUT2D eigenvalue weighted by molar-refractivity contribution is 9.10. The Balaban J connectivity index is 2.37. The van der Waals surface area contributed by atoms with Gasteiger partial charge in [-0.2, -0.15) is 0 Å². The van der Waals surface area contributed by atoms with Crippen LogP contribution in [0.15, 0.2) is 28.7 Å². The first-order chi connectivity index (χ1) is 8.13. The first-order valence-corrected chi connectivity index (χ1v) is 6.57. The minimum atomic E-state index is 0.0693. The molecule has 1 amide bonds. The van der Waals surface area contributed by atoms with Gasteiger partial charge in [-0.3, -0.25) is 4.79 Å². The molecule has 1 aromatic carbocycles. The summed E-state index contributed by atoms with van der Waals surface area (Å²) in [7, 11) is 1.92. The first kappa shape index (κ1) is 14.2. The van der Waals surface area contributed by atoms with E-state index in [1.54, 1.807) is 0 Å². The number of halogens is 1. The van der Waals surface area contributed by atoms with Crippen molar-refractivity contribution >= 4 is 21.8 Å². The molecule has 1 unspecified atom stereocenters. The third kappa shape index (κ3) is 5.33. The topological polar surface area (TPSA) is 41.1 Å². The zero-order chi connectivity index (χ0) is 12.7. The average Bonchev–Trinajstić information content (AvgIpc) is 2.30. The lowest BCUT2D eigenvalue weighted by molar-refractivity contribution is -0.120. The standard InChI is InChI=1S/C13H19BrN2O/c1-10(8-15-2)9-16-13(17)7-11-5-3-4-6-12(11)14/h3-6,10,15H,7-9H2,1-2H3,(H,16,17). The molecule has 0 aliphatic rings. The molecule has 0 saturated carbocycles. The summed E-state index contributed by atoms with van der Waals surface area (Å²) in [6, 6.07) is 7.80. The molecule has 0 radical (unpaired) electrons. The SMILES string of the molecule is CNCC(C)CNC(=O)Cc1ccccc1Br. The highest BCUT2D eigenvalue weighted by Gasteiger charge is 2.07. The van der Waals surface area contributed by atoms with Crippen molar-refractivity contribution in [1.82, 2.24) is 10.6 Å². The van der Waals surface area contributed by atoms with Gasteiger partial charge in [-0.25, -0.2) is 0 Å². The Morgan fingerprint density at radius 3 is 2.71 bits per heavy atom. The second-order valence-electron chi connectivity index (χ2n) is 4.24. The predicted molar refractivity (Wildman–Crippen MR) is 73.9 cm³/mol. The Bertz CT molecular complexity index is 368. The third-order valence-corrected chi connectivity index (χ3v) is 3.28. The summed E-state index contributed by atoms with van der Waals surface area (Å²) in [6.07, 6.45) is 0.424. The lowest BCUT2D eigenvalue weighted by atomic mass is 10.1. The number of amides is 1. The molecule has 1 rings (SSSR count). The summed E-state index contributed by atoms with van der Waals surface area (Å²) < 4.78 is 0.985. The maximum Gasteiger partial charge on any atom is 0.224 e. The van der Waals surface area contributed by atoms with Gasteiger partial charge in [0.2, 0.25) is 5.91 Å². The largest absolute Gasteiger partial charge is 0.355 e. The van der Waals surface area contributed by atoms with E-state index in [1.807, 2.05) is 31.3 Å². The van der Waals surface area contributed by atoms with E-state index in [0.717, 1.165) is 16.6 Å². The summed E-state index contributed by atoms with van der Waals surface area (Å²) in [4.78, 5) is 11.7. The van der Waals surface area contributed by atoms with Gasteiger partial charge in [0, 0.05) is 11.0 Å². The van der Waals surface area contributed by atoms with Crippen LogP contribution >= 0.6 is 15.9 Å². The number of hydrogen-bond donors (Lipinski definition) is 2. The fraction of sp³-hybridized carbons (Fsp3) is 0.462. The zero-order valence-corrected chi connectivity index (χ0v) is 11.9. The molecule has 1 atom stereocenters. The van der Waals surface area contributed by atoms with Crippen molar-refractivity contribution in [2.45, 2.75) is 13.3 Å². The first-order valence-electron chi connectivity index (χ1n) is 5.78.